The molecule has 0 saturated heterocycles. The van der Waals surface area contributed by atoms with Crippen molar-refractivity contribution in [2.24, 2.45) is 5.84 Å². The Morgan fingerprint density at radius 1 is 1.11 bits per heavy atom. The average molecular weight is 258 g/mol. The largest absolute Gasteiger partial charge is 0.487 e. The first-order chi connectivity index (χ1) is 9.11. The van der Waals surface area contributed by atoms with Crippen LogP contribution in [-0.4, -0.2) is 9.97 Å². The van der Waals surface area contributed by atoms with Crippen LogP contribution in [0.2, 0.25) is 0 Å². The highest BCUT2D eigenvalue weighted by Crippen LogP contribution is 2.26. The molecule has 0 aliphatic heterocycles. The maximum absolute atomic E-state index is 5.85. The fourth-order valence-electron chi connectivity index (χ4n) is 1.80. The van der Waals surface area contributed by atoms with Gasteiger partial charge < -0.3 is 10.2 Å². The van der Waals surface area contributed by atoms with Gasteiger partial charge in [-0.05, 0) is 37.5 Å². The Labute approximate surface area is 112 Å². The van der Waals surface area contributed by atoms with Gasteiger partial charge in [-0.1, -0.05) is 12.1 Å². The molecule has 0 spiro atoms. The average Bonchev–Trinajstić information content (AvgIpc) is 2.44. The van der Waals surface area contributed by atoms with E-state index in [-0.39, 0.29) is 0 Å². The number of hydrogen-bond acceptors (Lipinski definition) is 5. The van der Waals surface area contributed by atoms with Crippen LogP contribution in [0.5, 0.6) is 5.75 Å². The maximum atomic E-state index is 5.85. The summed E-state index contributed by atoms with van der Waals surface area (Å²) in [7, 11) is 0. The summed E-state index contributed by atoms with van der Waals surface area (Å²) in [5, 5.41) is 0. The molecule has 0 amide bonds. The molecule has 5 nitrogen and oxygen atoms in total. The lowest BCUT2D eigenvalue weighted by molar-refractivity contribution is 0.296. The number of nitrogens with zero attached hydrogens (tertiary/aromatic N) is 2. The van der Waals surface area contributed by atoms with E-state index in [2.05, 4.69) is 41.4 Å². The third-order valence-electron chi connectivity index (χ3n) is 3.09. The van der Waals surface area contributed by atoms with E-state index >= 15 is 0 Å². The summed E-state index contributed by atoms with van der Waals surface area (Å²) >= 11 is 0. The topological polar surface area (TPSA) is 73.1 Å². The second-order valence-electron chi connectivity index (χ2n) is 4.48. The lowest BCUT2D eigenvalue weighted by atomic mass is 10.1. The van der Waals surface area contributed by atoms with E-state index in [4.69, 9.17) is 10.6 Å². The van der Waals surface area contributed by atoms with Gasteiger partial charge in [0, 0.05) is 0 Å². The van der Waals surface area contributed by atoms with Crippen molar-refractivity contribution in [3.05, 3.63) is 46.9 Å². The van der Waals surface area contributed by atoms with Crippen LogP contribution in [0.4, 0.5) is 5.82 Å². The first kappa shape index (κ1) is 13.3. The van der Waals surface area contributed by atoms with Crippen LogP contribution in [0.15, 0.2) is 24.5 Å². The number of nitrogens with two attached hydrogens (primary N) is 1. The quantitative estimate of drug-likeness (QED) is 0.650. The molecular weight excluding hydrogens is 240 g/mol. The van der Waals surface area contributed by atoms with E-state index in [1.54, 1.807) is 12.4 Å². The minimum absolute atomic E-state index is 0.392. The number of ether oxygens (including phenoxy) is 1. The Morgan fingerprint density at radius 3 is 2.47 bits per heavy atom. The van der Waals surface area contributed by atoms with Gasteiger partial charge in [0.1, 0.15) is 12.4 Å². The Morgan fingerprint density at radius 2 is 1.84 bits per heavy atom. The van der Waals surface area contributed by atoms with Crippen molar-refractivity contribution in [3.63, 3.8) is 0 Å². The second kappa shape index (κ2) is 5.67. The van der Waals surface area contributed by atoms with Crippen LogP contribution in [0, 0.1) is 20.8 Å². The Balaban J connectivity index is 2.12. The molecule has 0 radical (unpaired) electrons. The smallest absolute Gasteiger partial charge is 0.158 e. The summed E-state index contributed by atoms with van der Waals surface area (Å²) in [6.07, 6.45) is 3.23. The third kappa shape index (κ3) is 3.00. The van der Waals surface area contributed by atoms with Gasteiger partial charge in [0.2, 0.25) is 0 Å². The highest BCUT2D eigenvalue weighted by atomic mass is 16.5. The van der Waals surface area contributed by atoms with E-state index in [1.165, 1.54) is 5.56 Å². The SMILES string of the molecule is Cc1ccc(C)c(OCc2cnc(NN)cn2)c1C. The Hall–Kier alpha value is -2.14. The van der Waals surface area contributed by atoms with Crippen molar-refractivity contribution in [2.45, 2.75) is 27.4 Å². The molecule has 0 bridgehead atoms. The van der Waals surface area contributed by atoms with Crippen molar-refractivity contribution in [3.8, 4) is 5.75 Å². The fraction of sp³-hybridized carbons (Fsp3) is 0.286. The molecule has 0 fully saturated rings. The predicted octanol–water partition coefficient (Wildman–Crippen LogP) is 2.27. The Kier molecular flexibility index (Phi) is 3.97. The van der Waals surface area contributed by atoms with Gasteiger partial charge >= 0.3 is 0 Å². The third-order valence-corrected chi connectivity index (χ3v) is 3.09. The zero-order chi connectivity index (χ0) is 13.8. The van der Waals surface area contributed by atoms with Crippen molar-refractivity contribution < 1.29 is 4.74 Å². The minimum Gasteiger partial charge on any atom is -0.487 e. The lowest BCUT2D eigenvalue weighted by Gasteiger charge is -2.13. The summed E-state index contributed by atoms with van der Waals surface area (Å²) < 4.78 is 5.85. The normalized spacial score (nSPS) is 10.3. The van der Waals surface area contributed by atoms with Crippen LogP contribution in [-0.2, 0) is 6.61 Å². The summed E-state index contributed by atoms with van der Waals surface area (Å²) in [6, 6.07) is 4.16. The number of hydrazine groups is 1. The van der Waals surface area contributed by atoms with Crippen LogP contribution >= 0.6 is 0 Å². The molecule has 0 aliphatic rings. The zero-order valence-corrected chi connectivity index (χ0v) is 11.4. The highest BCUT2D eigenvalue weighted by molar-refractivity contribution is 5.44. The van der Waals surface area contributed by atoms with Gasteiger partial charge in [0.05, 0.1) is 18.1 Å². The van der Waals surface area contributed by atoms with Crippen molar-refractivity contribution in [2.75, 3.05) is 5.43 Å². The van der Waals surface area contributed by atoms with Gasteiger partial charge in [-0.15, -0.1) is 0 Å². The number of anilines is 1. The number of aryl methyl sites for hydroxylation is 2. The van der Waals surface area contributed by atoms with Gasteiger partial charge in [-0.2, -0.15) is 0 Å². The van der Waals surface area contributed by atoms with Crippen molar-refractivity contribution >= 4 is 5.82 Å². The van der Waals surface area contributed by atoms with E-state index in [9.17, 15) is 0 Å². The molecule has 1 aromatic heterocycles. The summed E-state index contributed by atoms with van der Waals surface area (Å²) in [6.45, 7) is 6.56. The van der Waals surface area contributed by atoms with Gasteiger partial charge in [-0.3, -0.25) is 4.98 Å². The molecule has 0 saturated carbocycles. The number of hydrogen-bond donors (Lipinski definition) is 2. The second-order valence-corrected chi connectivity index (χ2v) is 4.48. The molecule has 5 heteroatoms. The number of aromatic nitrogens is 2. The standard InChI is InChI=1S/C14H18N4O/c1-9-4-5-10(2)14(11(9)3)19-8-12-6-17-13(18-15)7-16-12/h4-7H,8,15H2,1-3H3,(H,17,18). The first-order valence-electron chi connectivity index (χ1n) is 6.09. The molecule has 100 valence electrons. The first-order valence-corrected chi connectivity index (χ1v) is 6.09. The molecule has 2 aromatic rings. The van der Waals surface area contributed by atoms with Gasteiger partial charge in [0.15, 0.2) is 5.82 Å². The van der Waals surface area contributed by atoms with Crippen LogP contribution < -0.4 is 16.0 Å². The number of nitrogens with one attached hydrogen (secondary N) is 1. The summed E-state index contributed by atoms with van der Waals surface area (Å²) in [5.74, 6) is 6.69. The fourth-order valence-corrected chi connectivity index (χ4v) is 1.80. The van der Waals surface area contributed by atoms with E-state index in [1.807, 2.05) is 6.92 Å². The number of benzene rings is 1. The molecule has 0 aliphatic carbocycles. The van der Waals surface area contributed by atoms with Crippen LogP contribution in [0.1, 0.15) is 22.4 Å². The Bertz CT molecular complexity index is 566. The monoisotopic (exact) mass is 258 g/mol. The maximum Gasteiger partial charge on any atom is 0.158 e. The summed E-state index contributed by atoms with van der Waals surface area (Å²) in [4.78, 5) is 8.31. The number of nitrogen functional groups attached to an aromatic ring is 1. The van der Waals surface area contributed by atoms with E-state index < -0.39 is 0 Å². The molecule has 2 rings (SSSR count). The van der Waals surface area contributed by atoms with Gasteiger partial charge in [0.25, 0.3) is 0 Å². The van der Waals surface area contributed by atoms with Crippen LogP contribution in [0.25, 0.3) is 0 Å². The van der Waals surface area contributed by atoms with Crippen molar-refractivity contribution in [1.29, 1.82) is 0 Å². The number of rotatable bonds is 4. The molecule has 0 unspecified atom stereocenters. The summed E-state index contributed by atoms with van der Waals surface area (Å²) in [5.41, 5.74) is 6.70. The molecule has 1 aromatic carbocycles. The van der Waals surface area contributed by atoms with Gasteiger partial charge in [-0.25, -0.2) is 10.8 Å². The molecular formula is C14H18N4O. The van der Waals surface area contributed by atoms with Crippen molar-refractivity contribution in [1.82, 2.24) is 9.97 Å². The predicted molar refractivity (Wildman–Crippen MR) is 74.8 cm³/mol. The zero-order valence-electron chi connectivity index (χ0n) is 11.4. The minimum atomic E-state index is 0.392. The lowest BCUT2D eigenvalue weighted by Crippen LogP contribution is -2.09. The van der Waals surface area contributed by atoms with E-state index in [0.29, 0.717) is 12.4 Å². The molecule has 1 heterocycles. The molecule has 0 atom stereocenters. The molecule has 3 N–H and O–H groups in total. The van der Waals surface area contributed by atoms with Crippen LogP contribution in [0.3, 0.4) is 0 Å². The molecule has 19 heavy (non-hydrogen) atoms. The highest BCUT2D eigenvalue weighted by Gasteiger charge is 2.07. The van der Waals surface area contributed by atoms with E-state index in [0.717, 1.165) is 22.6 Å².